The summed E-state index contributed by atoms with van der Waals surface area (Å²) in [5.74, 6) is 1.86. The van der Waals surface area contributed by atoms with E-state index in [-0.39, 0.29) is 6.03 Å². The molecule has 0 unspecified atom stereocenters. The Kier molecular flexibility index (Phi) is 6.26. The van der Waals surface area contributed by atoms with Crippen LogP contribution in [0.3, 0.4) is 0 Å². The monoisotopic (exact) mass is 356 g/mol. The Hall–Kier alpha value is -2.37. The van der Waals surface area contributed by atoms with Gasteiger partial charge < -0.3 is 14.7 Å². The highest BCUT2D eigenvalue weighted by atomic mass is 16.5. The van der Waals surface area contributed by atoms with Crippen LogP contribution in [0.15, 0.2) is 28.8 Å². The smallest absolute Gasteiger partial charge is 0.321 e. The average Bonchev–Trinajstić information content (AvgIpc) is 3.16. The number of carbonyl (C=O) groups excluding carboxylic acids is 1. The Bertz CT molecular complexity index is 722. The lowest BCUT2D eigenvalue weighted by molar-refractivity contribution is 0.222. The van der Waals surface area contributed by atoms with E-state index < -0.39 is 0 Å². The molecule has 1 fully saturated rings. The molecule has 0 spiro atoms. The van der Waals surface area contributed by atoms with Gasteiger partial charge in [0.15, 0.2) is 5.82 Å². The van der Waals surface area contributed by atoms with E-state index in [0.717, 1.165) is 36.4 Å². The number of aryl methyl sites for hydroxylation is 1. The Balaban J connectivity index is 1.51. The molecule has 6 heteroatoms. The van der Waals surface area contributed by atoms with Gasteiger partial charge in [0.05, 0.1) is 0 Å². The first-order valence-corrected chi connectivity index (χ1v) is 9.60. The Morgan fingerprint density at radius 2 is 2.04 bits per heavy atom. The van der Waals surface area contributed by atoms with Crippen LogP contribution in [0.5, 0.6) is 0 Å². The van der Waals surface area contributed by atoms with Gasteiger partial charge in [-0.3, -0.25) is 0 Å². The average molecular weight is 356 g/mol. The quantitative estimate of drug-likeness (QED) is 0.833. The molecule has 0 atom stereocenters. The number of anilines is 1. The van der Waals surface area contributed by atoms with E-state index in [4.69, 9.17) is 4.52 Å². The van der Waals surface area contributed by atoms with Crippen molar-refractivity contribution in [3.05, 3.63) is 41.5 Å². The summed E-state index contributed by atoms with van der Waals surface area (Å²) in [6, 6.07) is 7.75. The molecule has 3 rings (SSSR count). The van der Waals surface area contributed by atoms with E-state index in [9.17, 15) is 4.79 Å². The minimum atomic E-state index is -0.123. The molecule has 1 heterocycles. The molecule has 0 aliphatic heterocycles. The van der Waals surface area contributed by atoms with Crippen LogP contribution in [-0.2, 0) is 12.8 Å². The van der Waals surface area contributed by atoms with Crippen LogP contribution < -0.4 is 5.32 Å². The summed E-state index contributed by atoms with van der Waals surface area (Å²) in [5, 5.41) is 7.07. The number of rotatable bonds is 6. The second kappa shape index (κ2) is 8.83. The number of nitrogens with one attached hydrogen (secondary N) is 1. The molecule has 26 heavy (non-hydrogen) atoms. The van der Waals surface area contributed by atoms with Crippen LogP contribution in [0.4, 0.5) is 10.5 Å². The van der Waals surface area contributed by atoms with Gasteiger partial charge in [0.1, 0.15) is 0 Å². The molecule has 1 N–H and O–H groups in total. The third-order valence-electron chi connectivity index (χ3n) is 5.10. The van der Waals surface area contributed by atoms with Crippen molar-refractivity contribution in [1.29, 1.82) is 0 Å². The number of urea groups is 1. The fourth-order valence-electron chi connectivity index (χ4n) is 3.41. The number of carbonyl (C=O) groups is 1. The number of benzene rings is 1. The van der Waals surface area contributed by atoms with Gasteiger partial charge in [-0.1, -0.05) is 49.5 Å². The van der Waals surface area contributed by atoms with Crippen LogP contribution in [0.25, 0.3) is 0 Å². The Labute approximate surface area is 155 Å². The van der Waals surface area contributed by atoms with E-state index in [2.05, 4.69) is 22.4 Å². The molecule has 140 valence electrons. The van der Waals surface area contributed by atoms with Crippen molar-refractivity contribution < 1.29 is 9.32 Å². The molecule has 6 nitrogen and oxygen atoms in total. The first kappa shape index (κ1) is 18.4. The maximum absolute atomic E-state index is 12.4. The molecule has 0 saturated heterocycles. The molecule has 0 radical (unpaired) electrons. The molecule has 1 saturated carbocycles. The topological polar surface area (TPSA) is 71.3 Å². The lowest BCUT2D eigenvalue weighted by Crippen LogP contribution is -2.33. The van der Waals surface area contributed by atoms with Crippen molar-refractivity contribution in [3.63, 3.8) is 0 Å². The predicted molar refractivity (Wildman–Crippen MR) is 101 cm³/mol. The molecule has 2 aromatic rings. The summed E-state index contributed by atoms with van der Waals surface area (Å²) >= 11 is 0. The summed E-state index contributed by atoms with van der Waals surface area (Å²) < 4.78 is 5.44. The van der Waals surface area contributed by atoms with E-state index in [0.29, 0.717) is 24.7 Å². The maximum Gasteiger partial charge on any atom is 0.321 e. The number of amides is 2. The number of hydrogen-bond donors (Lipinski definition) is 1. The molecular weight excluding hydrogens is 328 g/mol. The molecule has 1 aromatic heterocycles. The standard InChI is InChI=1S/C20H28N4O2/c1-3-15-9-7-8-12-17(15)21-20(25)24(2)14-13-18-22-19(26-23-18)16-10-5-4-6-11-16/h7-9,12,16H,3-6,10-11,13-14H2,1-2H3,(H,21,25). The minimum absolute atomic E-state index is 0.123. The highest BCUT2D eigenvalue weighted by molar-refractivity contribution is 5.90. The van der Waals surface area contributed by atoms with Crippen LogP contribution in [0.1, 0.15) is 62.2 Å². The number of para-hydroxylation sites is 1. The first-order valence-electron chi connectivity index (χ1n) is 9.60. The van der Waals surface area contributed by atoms with Crippen LogP contribution in [0.2, 0.25) is 0 Å². The third kappa shape index (κ3) is 4.62. The van der Waals surface area contributed by atoms with Crippen LogP contribution >= 0.6 is 0 Å². The second-order valence-corrected chi connectivity index (χ2v) is 7.00. The second-order valence-electron chi connectivity index (χ2n) is 7.00. The van der Waals surface area contributed by atoms with Gasteiger partial charge in [-0.05, 0) is 30.9 Å². The number of nitrogens with zero attached hydrogens (tertiary/aromatic N) is 3. The lowest BCUT2D eigenvalue weighted by Gasteiger charge is -2.18. The number of likely N-dealkylation sites (N-methyl/N-ethyl adjacent to an activating group) is 1. The van der Waals surface area contributed by atoms with Gasteiger partial charge in [0.25, 0.3) is 0 Å². The van der Waals surface area contributed by atoms with Crippen molar-refractivity contribution in [2.24, 2.45) is 0 Å². The number of aromatic nitrogens is 2. The Morgan fingerprint density at radius 3 is 2.81 bits per heavy atom. The number of hydrogen-bond acceptors (Lipinski definition) is 4. The van der Waals surface area contributed by atoms with Gasteiger partial charge in [-0.15, -0.1) is 0 Å². The molecule has 2 amide bonds. The predicted octanol–water partition coefficient (Wildman–Crippen LogP) is 4.39. The SMILES string of the molecule is CCc1ccccc1NC(=O)N(C)CCc1noc(C2CCCCC2)n1. The van der Waals surface area contributed by atoms with Crippen molar-refractivity contribution in [3.8, 4) is 0 Å². The Morgan fingerprint density at radius 1 is 1.27 bits per heavy atom. The van der Waals surface area contributed by atoms with Gasteiger partial charge in [0.2, 0.25) is 5.89 Å². The van der Waals surface area contributed by atoms with E-state index in [1.54, 1.807) is 11.9 Å². The van der Waals surface area contributed by atoms with E-state index >= 15 is 0 Å². The summed E-state index contributed by atoms with van der Waals surface area (Å²) in [6.45, 7) is 2.62. The molecular formula is C20H28N4O2. The van der Waals surface area contributed by atoms with Crippen molar-refractivity contribution >= 4 is 11.7 Å². The zero-order valence-electron chi connectivity index (χ0n) is 15.7. The largest absolute Gasteiger partial charge is 0.339 e. The highest BCUT2D eigenvalue weighted by Gasteiger charge is 2.21. The summed E-state index contributed by atoms with van der Waals surface area (Å²) in [7, 11) is 1.78. The normalized spacial score (nSPS) is 15.0. The summed E-state index contributed by atoms with van der Waals surface area (Å²) in [5.41, 5.74) is 2.00. The summed E-state index contributed by atoms with van der Waals surface area (Å²) in [4.78, 5) is 18.6. The zero-order valence-corrected chi connectivity index (χ0v) is 15.7. The van der Waals surface area contributed by atoms with Gasteiger partial charge >= 0.3 is 6.03 Å². The molecule has 0 bridgehead atoms. The van der Waals surface area contributed by atoms with Gasteiger partial charge in [-0.25, -0.2) is 4.79 Å². The van der Waals surface area contributed by atoms with Crippen molar-refractivity contribution in [1.82, 2.24) is 15.0 Å². The molecule has 1 aromatic carbocycles. The minimum Gasteiger partial charge on any atom is -0.339 e. The van der Waals surface area contributed by atoms with Crippen molar-refractivity contribution in [2.45, 2.75) is 57.8 Å². The highest BCUT2D eigenvalue weighted by Crippen LogP contribution is 2.31. The zero-order chi connectivity index (χ0) is 18.4. The maximum atomic E-state index is 12.4. The van der Waals surface area contributed by atoms with E-state index in [1.165, 1.54) is 19.3 Å². The lowest BCUT2D eigenvalue weighted by atomic mass is 9.89. The fraction of sp³-hybridized carbons (Fsp3) is 0.550. The molecule has 1 aliphatic carbocycles. The summed E-state index contributed by atoms with van der Waals surface area (Å²) in [6.07, 6.45) is 7.54. The fourth-order valence-corrected chi connectivity index (χ4v) is 3.41. The van der Waals surface area contributed by atoms with Gasteiger partial charge in [-0.2, -0.15) is 4.98 Å². The van der Waals surface area contributed by atoms with Crippen LogP contribution in [-0.4, -0.2) is 34.7 Å². The van der Waals surface area contributed by atoms with E-state index in [1.807, 2.05) is 24.3 Å². The first-order chi connectivity index (χ1) is 12.7. The third-order valence-corrected chi connectivity index (χ3v) is 5.10. The van der Waals surface area contributed by atoms with Gasteiger partial charge in [0, 0.05) is 31.6 Å². The van der Waals surface area contributed by atoms with Crippen LogP contribution in [0, 0.1) is 0 Å². The molecule has 1 aliphatic rings. The van der Waals surface area contributed by atoms with Crippen molar-refractivity contribution in [2.75, 3.05) is 18.9 Å².